The van der Waals surface area contributed by atoms with E-state index in [9.17, 15) is 0 Å². The molecule has 0 atom stereocenters. The summed E-state index contributed by atoms with van der Waals surface area (Å²) in [5, 5.41) is 12.0. The first-order valence-electron chi connectivity index (χ1n) is 6.12. The number of nitriles is 1. The van der Waals surface area contributed by atoms with Gasteiger partial charge >= 0.3 is 0 Å². The molecule has 100 valence electrons. The van der Waals surface area contributed by atoms with Crippen LogP contribution in [0.25, 0.3) is 0 Å². The Morgan fingerprint density at radius 1 is 1.25 bits per heavy atom. The van der Waals surface area contributed by atoms with Crippen LogP contribution in [0.5, 0.6) is 0 Å². The van der Waals surface area contributed by atoms with Gasteiger partial charge in [-0.05, 0) is 48.6 Å². The molecule has 0 fully saturated rings. The number of rotatable bonds is 4. The molecule has 2 aromatic rings. The van der Waals surface area contributed by atoms with E-state index in [-0.39, 0.29) is 0 Å². The van der Waals surface area contributed by atoms with Crippen molar-refractivity contribution >= 4 is 23.1 Å². The van der Waals surface area contributed by atoms with Crippen LogP contribution in [-0.2, 0) is 11.2 Å². The highest BCUT2D eigenvalue weighted by molar-refractivity contribution is 7.80. The lowest BCUT2D eigenvalue weighted by molar-refractivity contribution is 0.315. The maximum absolute atomic E-state index is 8.71. The van der Waals surface area contributed by atoms with Crippen LogP contribution in [0.1, 0.15) is 11.3 Å². The molecule has 4 nitrogen and oxygen atoms in total. The van der Waals surface area contributed by atoms with Crippen LogP contribution in [0.15, 0.2) is 48.7 Å². The lowest BCUT2D eigenvalue weighted by Gasteiger charge is -2.09. The molecule has 0 saturated carbocycles. The number of pyridine rings is 1. The summed E-state index contributed by atoms with van der Waals surface area (Å²) >= 11 is 5.09. The van der Waals surface area contributed by atoms with Gasteiger partial charge in [0, 0.05) is 24.0 Å². The summed E-state index contributed by atoms with van der Waals surface area (Å²) in [6.45, 7) is 0.471. The third-order valence-electron chi connectivity index (χ3n) is 2.58. The van der Waals surface area contributed by atoms with Crippen LogP contribution in [0.4, 0.5) is 5.69 Å². The Kier molecular flexibility index (Phi) is 5.04. The first-order chi connectivity index (χ1) is 9.78. The van der Waals surface area contributed by atoms with E-state index in [2.05, 4.69) is 16.4 Å². The van der Waals surface area contributed by atoms with Crippen LogP contribution in [-0.4, -0.2) is 16.8 Å². The summed E-state index contributed by atoms with van der Waals surface area (Å²) in [6.07, 6.45) is 2.46. The van der Waals surface area contributed by atoms with E-state index in [1.54, 1.807) is 30.5 Å². The first kappa shape index (κ1) is 14.0. The number of nitrogens with zero attached hydrogens (tertiary/aromatic N) is 2. The number of hydrogen-bond acceptors (Lipinski definition) is 4. The van der Waals surface area contributed by atoms with Gasteiger partial charge in [0.15, 0.2) is 0 Å². The van der Waals surface area contributed by atoms with Gasteiger partial charge in [-0.2, -0.15) is 5.26 Å². The highest BCUT2D eigenvalue weighted by Crippen LogP contribution is 2.09. The van der Waals surface area contributed by atoms with Crippen molar-refractivity contribution in [3.63, 3.8) is 0 Å². The van der Waals surface area contributed by atoms with E-state index in [4.69, 9.17) is 22.2 Å². The number of aromatic nitrogens is 1. The van der Waals surface area contributed by atoms with E-state index < -0.39 is 0 Å². The zero-order valence-corrected chi connectivity index (χ0v) is 11.6. The number of hydrogen-bond donors (Lipinski definition) is 1. The third-order valence-corrected chi connectivity index (χ3v) is 2.80. The van der Waals surface area contributed by atoms with Crippen molar-refractivity contribution in [2.75, 3.05) is 11.9 Å². The Labute approximate surface area is 123 Å². The van der Waals surface area contributed by atoms with E-state index in [1.165, 1.54) is 0 Å². The summed E-state index contributed by atoms with van der Waals surface area (Å²) < 4.78 is 5.42. The molecule has 5 heteroatoms. The molecule has 0 unspecified atom stereocenters. The summed E-state index contributed by atoms with van der Waals surface area (Å²) in [4.78, 5) is 4.20. The molecule has 0 saturated heterocycles. The fourth-order valence-corrected chi connectivity index (χ4v) is 1.78. The normalized spacial score (nSPS) is 9.55. The van der Waals surface area contributed by atoms with E-state index in [0.717, 1.165) is 11.4 Å². The second-order valence-corrected chi connectivity index (χ2v) is 4.39. The molecule has 2 rings (SSSR count). The molecule has 0 amide bonds. The van der Waals surface area contributed by atoms with Gasteiger partial charge in [-0.1, -0.05) is 6.07 Å². The number of thiocarbonyl (C=S) groups is 1. The minimum absolute atomic E-state index is 0.311. The lowest BCUT2D eigenvalue weighted by atomic mass is 10.2. The SMILES string of the molecule is N#Cc1ccc(NC(=S)OCCc2ccccn2)cc1. The average molecular weight is 283 g/mol. The second kappa shape index (κ2) is 7.22. The topological polar surface area (TPSA) is 57.9 Å². The van der Waals surface area contributed by atoms with Gasteiger partial charge in [0.1, 0.15) is 0 Å². The predicted octanol–water partition coefficient (Wildman–Crippen LogP) is 2.91. The van der Waals surface area contributed by atoms with Crippen LogP contribution in [0, 0.1) is 11.3 Å². The number of benzene rings is 1. The highest BCUT2D eigenvalue weighted by Gasteiger charge is 2.00. The van der Waals surface area contributed by atoms with Crippen LogP contribution in [0.2, 0.25) is 0 Å². The minimum atomic E-state index is 0.311. The van der Waals surface area contributed by atoms with Crippen molar-refractivity contribution in [3.05, 3.63) is 59.9 Å². The van der Waals surface area contributed by atoms with Gasteiger partial charge in [0.05, 0.1) is 18.2 Å². The molecule has 0 bridgehead atoms. The van der Waals surface area contributed by atoms with Gasteiger partial charge < -0.3 is 10.1 Å². The second-order valence-electron chi connectivity index (χ2n) is 4.02. The van der Waals surface area contributed by atoms with E-state index in [1.807, 2.05) is 18.2 Å². The fourth-order valence-electron chi connectivity index (χ4n) is 1.58. The van der Waals surface area contributed by atoms with Crippen molar-refractivity contribution in [3.8, 4) is 6.07 Å². The number of anilines is 1. The zero-order chi connectivity index (χ0) is 14.2. The molecule has 0 aliphatic heterocycles. The highest BCUT2D eigenvalue weighted by atomic mass is 32.1. The largest absolute Gasteiger partial charge is 0.470 e. The van der Waals surface area contributed by atoms with Crippen molar-refractivity contribution in [1.29, 1.82) is 5.26 Å². The standard InChI is InChI=1S/C15H13N3OS/c16-11-12-4-6-14(7-5-12)18-15(20)19-10-8-13-3-1-2-9-17-13/h1-7,9H,8,10H2,(H,18,20). The molecule has 1 heterocycles. The maximum Gasteiger partial charge on any atom is 0.261 e. The molecule has 0 aliphatic rings. The molecule has 1 aromatic carbocycles. The molecule has 1 N–H and O–H groups in total. The minimum Gasteiger partial charge on any atom is -0.470 e. The summed E-state index contributed by atoms with van der Waals surface area (Å²) in [5.41, 5.74) is 2.37. The van der Waals surface area contributed by atoms with Crippen molar-refractivity contribution < 1.29 is 4.74 Å². The Morgan fingerprint density at radius 2 is 2.05 bits per heavy atom. The Balaban J connectivity index is 1.76. The summed E-state index contributed by atoms with van der Waals surface area (Å²) in [5.74, 6) is 0. The lowest BCUT2D eigenvalue weighted by Crippen LogP contribution is -2.15. The van der Waals surface area contributed by atoms with Crippen molar-refractivity contribution in [2.45, 2.75) is 6.42 Å². The Morgan fingerprint density at radius 3 is 2.70 bits per heavy atom. The van der Waals surface area contributed by atoms with Gasteiger partial charge in [-0.25, -0.2) is 0 Å². The monoisotopic (exact) mass is 283 g/mol. The molecule has 20 heavy (non-hydrogen) atoms. The molecule has 0 spiro atoms. The average Bonchev–Trinajstić information content (AvgIpc) is 2.49. The quantitative estimate of drug-likeness (QED) is 0.874. The van der Waals surface area contributed by atoms with Crippen LogP contribution in [0.3, 0.4) is 0 Å². The smallest absolute Gasteiger partial charge is 0.261 e. The zero-order valence-electron chi connectivity index (χ0n) is 10.7. The molecule has 0 aliphatic carbocycles. The van der Waals surface area contributed by atoms with Crippen LogP contribution >= 0.6 is 12.2 Å². The van der Waals surface area contributed by atoms with Crippen LogP contribution < -0.4 is 5.32 Å². The van der Waals surface area contributed by atoms with Crippen molar-refractivity contribution in [1.82, 2.24) is 4.98 Å². The van der Waals surface area contributed by atoms with Gasteiger partial charge in [0.25, 0.3) is 5.17 Å². The van der Waals surface area contributed by atoms with Gasteiger partial charge in [-0.15, -0.1) is 0 Å². The predicted molar refractivity (Wildman–Crippen MR) is 81.3 cm³/mol. The van der Waals surface area contributed by atoms with E-state index in [0.29, 0.717) is 23.8 Å². The van der Waals surface area contributed by atoms with Crippen molar-refractivity contribution in [2.24, 2.45) is 0 Å². The number of ether oxygens (including phenoxy) is 1. The number of nitrogens with one attached hydrogen (secondary N) is 1. The molecule has 0 radical (unpaired) electrons. The summed E-state index contributed by atoms with van der Waals surface area (Å²) in [7, 11) is 0. The third kappa shape index (κ3) is 4.34. The first-order valence-corrected chi connectivity index (χ1v) is 6.52. The Bertz CT molecular complexity index is 605. The Hall–Kier alpha value is -2.45. The van der Waals surface area contributed by atoms with Gasteiger partial charge in [-0.3, -0.25) is 4.98 Å². The van der Waals surface area contributed by atoms with Gasteiger partial charge in [0.2, 0.25) is 0 Å². The fraction of sp³-hybridized carbons (Fsp3) is 0.133. The van der Waals surface area contributed by atoms with E-state index >= 15 is 0 Å². The summed E-state index contributed by atoms with van der Waals surface area (Å²) in [6, 6.07) is 14.8. The molecule has 1 aromatic heterocycles. The maximum atomic E-state index is 8.71. The molecular weight excluding hydrogens is 270 g/mol. The molecular formula is C15H13N3OS.